The van der Waals surface area contributed by atoms with Crippen LogP contribution in [0.2, 0.25) is 0 Å². The third-order valence-corrected chi connectivity index (χ3v) is 7.45. The average molecular weight is 632 g/mol. The molecule has 0 unspecified atom stereocenters. The fourth-order valence-electron chi connectivity index (χ4n) is 4.94. The third kappa shape index (κ3) is 9.05. The van der Waals surface area contributed by atoms with Crippen molar-refractivity contribution >= 4 is 40.3 Å². The number of nitrogens with one attached hydrogen (secondary N) is 2. The maximum Gasteiger partial charge on any atom is 0.408 e. The van der Waals surface area contributed by atoms with Gasteiger partial charge in [0.15, 0.2) is 6.10 Å². The summed E-state index contributed by atoms with van der Waals surface area (Å²) in [5.41, 5.74) is 10.0. The average Bonchev–Trinajstić information content (AvgIpc) is 3.47. The molecule has 1 aliphatic rings. The summed E-state index contributed by atoms with van der Waals surface area (Å²) in [6, 6.07) is 20.4. The Kier molecular flexibility index (Phi) is 11.7. The predicted molar refractivity (Wildman–Crippen MR) is 172 cm³/mol. The number of fused-ring (bicyclic) bond motifs is 1. The van der Waals surface area contributed by atoms with E-state index < -0.39 is 36.2 Å². The van der Waals surface area contributed by atoms with Gasteiger partial charge in [0.1, 0.15) is 19.3 Å². The van der Waals surface area contributed by atoms with Crippen molar-refractivity contribution in [3.8, 4) is 0 Å². The molecule has 0 saturated carbocycles. The lowest BCUT2D eigenvalue weighted by atomic mass is 10.1. The topological polar surface area (TPSA) is 164 Å². The first-order valence-corrected chi connectivity index (χ1v) is 15.2. The maximum atomic E-state index is 13.4. The first kappa shape index (κ1) is 33.9. The van der Waals surface area contributed by atoms with Gasteiger partial charge < -0.3 is 30.6 Å². The second kappa shape index (κ2) is 15.9. The van der Waals surface area contributed by atoms with Crippen molar-refractivity contribution < 1.29 is 33.9 Å². The molecule has 4 rings (SSSR count). The molecule has 12 nitrogen and oxygen atoms in total. The minimum atomic E-state index is -1.43. The summed E-state index contributed by atoms with van der Waals surface area (Å²) in [6.45, 7) is 5.57. The minimum absolute atomic E-state index is 0.0421. The van der Waals surface area contributed by atoms with Gasteiger partial charge in [-0.25, -0.2) is 9.59 Å². The Morgan fingerprint density at radius 3 is 2.35 bits per heavy atom. The molecular weight excluding hydrogens is 590 g/mol. The van der Waals surface area contributed by atoms with Crippen LogP contribution in [0.1, 0.15) is 45.6 Å². The van der Waals surface area contributed by atoms with Crippen LogP contribution in [-0.4, -0.2) is 58.7 Å². The molecule has 0 bridgehead atoms. The third-order valence-electron chi connectivity index (χ3n) is 7.45. The van der Waals surface area contributed by atoms with Crippen LogP contribution in [0.4, 0.5) is 10.5 Å². The van der Waals surface area contributed by atoms with E-state index in [0.29, 0.717) is 12.1 Å². The Bertz CT molecular complexity index is 1550. The number of hydroxylamine groups is 1. The van der Waals surface area contributed by atoms with Gasteiger partial charge in [-0.05, 0) is 42.7 Å². The number of aliphatic hydroxyl groups excluding tert-OH is 1. The zero-order chi connectivity index (χ0) is 33.2. The van der Waals surface area contributed by atoms with Crippen LogP contribution < -0.4 is 21.4 Å². The minimum Gasteiger partial charge on any atom is -0.445 e. The molecule has 0 aliphatic carbocycles. The molecule has 3 aromatic carbocycles. The second-order valence-electron chi connectivity index (χ2n) is 11.6. The van der Waals surface area contributed by atoms with E-state index in [4.69, 9.17) is 15.3 Å². The van der Waals surface area contributed by atoms with Gasteiger partial charge in [-0.1, -0.05) is 80.6 Å². The molecule has 1 heterocycles. The largest absolute Gasteiger partial charge is 0.445 e. The molecule has 0 saturated heterocycles. The summed E-state index contributed by atoms with van der Waals surface area (Å²) in [7, 11) is 0. The van der Waals surface area contributed by atoms with Gasteiger partial charge in [0.2, 0.25) is 5.91 Å². The molecule has 46 heavy (non-hydrogen) atoms. The zero-order valence-corrected chi connectivity index (χ0v) is 26.2. The summed E-state index contributed by atoms with van der Waals surface area (Å²) in [5, 5.41) is 14.6. The molecule has 0 spiro atoms. The number of aliphatic hydroxyl groups is 1. The van der Waals surface area contributed by atoms with Crippen LogP contribution in [0.25, 0.3) is 10.8 Å². The molecule has 12 heteroatoms. The highest BCUT2D eigenvalue weighted by Gasteiger charge is 2.33. The number of hydrogen-bond donors (Lipinski definition) is 4. The molecule has 3 atom stereocenters. The number of carbonyl (C=O) groups excluding carboxylic acids is 4. The van der Waals surface area contributed by atoms with Crippen molar-refractivity contribution in [3.05, 3.63) is 90.3 Å². The highest BCUT2D eigenvalue weighted by Crippen LogP contribution is 2.34. The number of ether oxygens (including phenoxy) is 1. The monoisotopic (exact) mass is 631 g/mol. The van der Waals surface area contributed by atoms with Gasteiger partial charge in [0.25, 0.3) is 5.91 Å². The van der Waals surface area contributed by atoms with Crippen LogP contribution in [0.3, 0.4) is 0 Å². The Morgan fingerprint density at radius 1 is 0.935 bits per heavy atom. The van der Waals surface area contributed by atoms with Crippen molar-refractivity contribution in [2.24, 2.45) is 11.7 Å². The first-order valence-electron chi connectivity index (χ1n) is 15.2. The summed E-state index contributed by atoms with van der Waals surface area (Å²) >= 11 is 0. The molecule has 0 radical (unpaired) electrons. The van der Waals surface area contributed by atoms with Crippen LogP contribution >= 0.6 is 0 Å². The van der Waals surface area contributed by atoms with Crippen LogP contribution in [0.5, 0.6) is 0 Å². The van der Waals surface area contributed by atoms with Gasteiger partial charge >= 0.3 is 12.1 Å². The quantitative estimate of drug-likeness (QED) is 0.218. The van der Waals surface area contributed by atoms with E-state index in [9.17, 15) is 24.3 Å². The van der Waals surface area contributed by atoms with Crippen molar-refractivity contribution in [3.63, 3.8) is 0 Å². The maximum absolute atomic E-state index is 13.4. The second-order valence-corrected chi connectivity index (χ2v) is 11.6. The summed E-state index contributed by atoms with van der Waals surface area (Å²) in [5.74, 6) is -1.96. The molecule has 1 aliphatic heterocycles. The van der Waals surface area contributed by atoms with Crippen molar-refractivity contribution in [1.82, 2.24) is 15.7 Å². The summed E-state index contributed by atoms with van der Waals surface area (Å²) in [6.07, 6.45) is -0.0988. The van der Waals surface area contributed by atoms with Gasteiger partial charge in [-0.15, -0.1) is 0 Å². The molecule has 0 aromatic heterocycles. The lowest BCUT2D eigenvalue weighted by Gasteiger charge is -2.27. The number of alkyl carbamates (subject to hydrolysis) is 1. The lowest BCUT2D eigenvalue weighted by molar-refractivity contribution is -0.167. The molecular formula is C34H41N5O7. The number of anilines is 1. The first-order chi connectivity index (χ1) is 22.0. The molecule has 244 valence electrons. The van der Waals surface area contributed by atoms with E-state index in [-0.39, 0.29) is 37.9 Å². The van der Waals surface area contributed by atoms with E-state index >= 15 is 0 Å². The number of hydrogen-bond acceptors (Lipinski definition) is 9. The van der Waals surface area contributed by atoms with Gasteiger partial charge in [0, 0.05) is 23.7 Å². The number of amides is 3. The number of rotatable bonds is 12. The number of benzene rings is 3. The highest BCUT2D eigenvalue weighted by atomic mass is 16.7. The van der Waals surface area contributed by atoms with Crippen molar-refractivity contribution in [2.75, 3.05) is 11.6 Å². The Balaban J connectivity index is 1.58. The lowest BCUT2D eigenvalue weighted by Crippen LogP contribution is -2.48. The predicted octanol–water partition coefficient (Wildman–Crippen LogP) is 3.69. The highest BCUT2D eigenvalue weighted by molar-refractivity contribution is 5.96. The van der Waals surface area contributed by atoms with Crippen LogP contribution in [0, 0.1) is 5.92 Å². The van der Waals surface area contributed by atoms with E-state index in [0.717, 1.165) is 22.0 Å². The van der Waals surface area contributed by atoms with Gasteiger partial charge in [-0.3, -0.25) is 14.5 Å². The Hall–Kier alpha value is -4.94. The zero-order valence-electron chi connectivity index (χ0n) is 26.2. The normalized spacial score (nSPS) is 14.8. The Morgan fingerprint density at radius 2 is 1.63 bits per heavy atom. The molecule has 3 aromatic rings. The van der Waals surface area contributed by atoms with E-state index in [2.05, 4.69) is 10.8 Å². The van der Waals surface area contributed by atoms with Crippen molar-refractivity contribution in [1.29, 1.82) is 0 Å². The van der Waals surface area contributed by atoms with E-state index in [1.165, 1.54) is 4.90 Å². The van der Waals surface area contributed by atoms with Crippen LogP contribution in [-0.2, 0) is 30.6 Å². The van der Waals surface area contributed by atoms with Gasteiger partial charge in [-0.2, -0.15) is 5.48 Å². The SMILES string of the molecule is CC(C)CC[C@H](O)C(=O)ONC(=O)[C@H](CC1=CN(C(=O)[C@H](C)N)CN1c1cccc2ccccc12)NC(=O)OCc1ccccc1. The van der Waals surface area contributed by atoms with Crippen molar-refractivity contribution in [2.45, 2.75) is 64.8 Å². The fraction of sp³-hybridized carbons (Fsp3) is 0.353. The number of nitrogens with zero attached hydrogens (tertiary/aromatic N) is 2. The number of carbonyl (C=O) groups is 4. The van der Waals surface area contributed by atoms with E-state index in [1.807, 2.05) is 67.3 Å². The van der Waals surface area contributed by atoms with E-state index in [1.54, 1.807) is 37.4 Å². The smallest absolute Gasteiger partial charge is 0.408 e. The molecule has 5 N–H and O–H groups in total. The molecule has 0 fully saturated rings. The Labute approximate surface area is 268 Å². The standard InChI is InChI=1S/C34H41N5O7/c1-22(2)16-17-30(40)33(43)46-37-31(41)28(36-34(44)45-20-24-10-5-4-6-11-24)18-26-19-38(32(42)23(3)35)21-39(26)29-15-9-13-25-12-7-8-14-27(25)29/h4-15,19,22-23,28,30,40H,16-18,20-21,35H2,1-3H3,(H,36,44)(H,37,41)/t23-,28-,30-/m0/s1. The summed E-state index contributed by atoms with van der Waals surface area (Å²) in [4.78, 5) is 59.9. The van der Waals surface area contributed by atoms with Gasteiger partial charge in [0.05, 0.1) is 11.7 Å². The molecule has 3 amide bonds. The number of nitrogens with two attached hydrogens (primary N) is 1. The fourth-order valence-corrected chi connectivity index (χ4v) is 4.94. The summed E-state index contributed by atoms with van der Waals surface area (Å²) < 4.78 is 5.36. The van der Waals surface area contributed by atoms with Crippen LogP contribution in [0.15, 0.2) is 84.7 Å².